The first-order valence-corrected chi connectivity index (χ1v) is 8.47. The van der Waals surface area contributed by atoms with Gasteiger partial charge in [0.15, 0.2) is 0 Å². The van der Waals surface area contributed by atoms with E-state index in [1.807, 2.05) is 29.2 Å². The zero-order valence-electron chi connectivity index (χ0n) is 13.8. The molecule has 0 bridgehead atoms. The molecule has 128 valence electrons. The Bertz CT molecular complexity index is 836. The third-order valence-corrected chi connectivity index (χ3v) is 4.99. The van der Waals surface area contributed by atoms with Gasteiger partial charge in [-0.15, -0.1) is 0 Å². The molecule has 1 aromatic heterocycles. The van der Waals surface area contributed by atoms with E-state index in [4.69, 9.17) is 0 Å². The Morgan fingerprint density at radius 1 is 1.12 bits per heavy atom. The number of carbonyl (C=O) groups is 2. The predicted octanol–water partition coefficient (Wildman–Crippen LogP) is 2.20. The highest BCUT2D eigenvalue weighted by atomic mass is 16.4. The van der Waals surface area contributed by atoms with Crippen molar-refractivity contribution in [2.45, 2.75) is 12.8 Å². The number of carbonyl (C=O) groups excluding carboxylic acids is 1. The summed E-state index contributed by atoms with van der Waals surface area (Å²) >= 11 is 0. The van der Waals surface area contributed by atoms with Gasteiger partial charge in [-0.2, -0.15) is 0 Å². The van der Waals surface area contributed by atoms with Crippen molar-refractivity contribution in [2.75, 3.05) is 29.4 Å². The normalized spacial score (nSPS) is 19.1. The van der Waals surface area contributed by atoms with Crippen LogP contribution in [0.2, 0.25) is 0 Å². The van der Waals surface area contributed by atoms with Crippen molar-refractivity contribution in [1.82, 2.24) is 4.98 Å². The third kappa shape index (κ3) is 2.73. The van der Waals surface area contributed by atoms with Crippen LogP contribution in [0.3, 0.4) is 0 Å². The van der Waals surface area contributed by atoms with Crippen molar-refractivity contribution in [3.8, 4) is 0 Å². The zero-order valence-corrected chi connectivity index (χ0v) is 13.8. The summed E-state index contributed by atoms with van der Waals surface area (Å²) in [6, 6.07) is 11.5. The van der Waals surface area contributed by atoms with Crippen LogP contribution in [0.1, 0.15) is 22.3 Å². The van der Waals surface area contributed by atoms with Gasteiger partial charge in [0.25, 0.3) is 5.91 Å². The first-order valence-electron chi connectivity index (χ1n) is 8.47. The van der Waals surface area contributed by atoms with E-state index in [0.717, 1.165) is 12.1 Å². The van der Waals surface area contributed by atoms with Crippen molar-refractivity contribution in [2.24, 2.45) is 5.92 Å². The molecule has 2 aromatic rings. The quantitative estimate of drug-likeness (QED) is 0.929. The van der Waals surface area contributed by atoms with E-state index >= 15 is 0 Å². The first-order chi connectivity index (χ1) is 12.1. The Morgan fingerprint density at radius 2 is 1.96 bits per heavy atom. The Hall–Kier alpha value is -2.89. The van der Waals surface area contributed by atoms with Gasteiger partial charge >= 0.3 is 5.97 Å². The van der Waals surface area contributed by atoms with Crippen LogP contribution in [0.4, 0.5) is 11.5 Å². The smallest absolute Gasteiger partial charge is 0.308 e. The minimum Gasteiger partial charge on any atom is -0.481 e. The van der Waals surface area contributed by atoms with Gasteiger partial charge in [0.1, 0.15) is 5.82 Å². The molecule has 3 heterocycles. The van der Waals surface area contributed by atoms with Gasteiger partial charge in [-0.05, 0) is 36.6 Å². The Kier molecular flexibility index (Phi) is 3.87. The van der Waals surface area contributed by atoms with Gasteiger partial charge in [0.2, 0.25) is 0 Å². The van der Waals surface area contributed by atoms with Gasteiger partial charge in [0.05, 0.1) is 11.5 Å². The van der Waals surface area contributed by atoms with Crippen molar-refractivity contribution in [3.05, 3.63) is 53.7 Å². The van der Waals surface area contributed by atoms with Crippen molar-refractivity contribution < 1.29 is 14.7 Å². The highest BCUT2D eigenvalue weighted by molar-refractivity contribution is 6.10. The fraction of sp³-hybridized carbons (Fsp3) is 0.316. The maximum Gasteiger partial charge on any atom is 0.308 e. The standard InChI is InChI=1S/C19H19N3O3/c23-18(22-11-8-13-4-1-2-6-16(13)22)15-5-3-9-20-17(15)21-10-7-14(12-21)19(24)25/h1-6,9,14H,7-8,10-12H2,(H,24,25). The molecule has 1 amide bonds. The minimum absolute atomic E-state index is 0.0770. The zero-order chi connectivity index (χ0) is 17.4. The molecule has 4 rings (SSSR count). The summed E-state index contributed by atoms with van der Waals surface area (Å²) in [7, 11) is 0. The van der Waals surface area contributed by atoms with E-state index in [0.29, 0.717) is 37.4 Å². The lowest BCUT2D eigenvalue weighted by atomic mass is 10.1. The number of aromatic nitrogens is 1. The fourth-order valence-electron chi connectivity index (χ4n) is 3.66. The molecular formula is C19H19N3O3. The molecule has 1 atom stereocenters. The van der Waals surface area contributed by atoms with Crippen LogP contribution in [0.15, 0.2) is 42.6 Å². The molecule has 0 saturated carbocycles. The van der Waals surface area contributed by atoms with Crippen LogP contribution >= 0.6 is 0 Å². The molecule has 1 unspecified atom stereocenters. The largest absolute Gasteiger partial charge is 0.481 e. The third-order valence-electron chi connectivity index (χ3n) is 4.99. The molecule has 1 aromatic carbocycles. The monoisotopic (exact) mass is 337 g/mol. The summed E-state index contributed by atoms with van der Waals surface area (Å²) in [6.45, 7) is 1.65. The van der Waals surface area contributed by atoms with Gasteiger partial charge < -0.3 is 14.9 Å². The molecule has 1 fully saturated rings. The lowest BCUT2D eigenvalue weighted by Crippen LogP contribution is -2.32. The number of carboxylic acids is 1. The van der Waals surface area contributed by atoms with Crippen LogP contribution in [0.25, 0.3) is 0 Å². The molecule has 1 saturated heterocycles. The van der Waals surface area contributed by atoms with E-state index in [-0.39, 0.29) is 5.91 Å². The number of carboxylic acid groups (broad SMARTS) is 1. The van der Waals surface area contributed by atoms with E-state index in [2.05, 4.69) is 4.98 Å². The summed E-state index contributed by atoms with van der Waals surface area (Å²) in [5, 5.41) is 9.22. The van der Waals surface area contributed by atoms with Crippen molar-refractivity contribution >= 4 is 23.4 Å². The molecule has 6 heteroatoms. The maximum absolute atomic E-state index is 13.1. The van der Waals surface area contributed by atoms with Crippen LogP contribution < -0.4 is 9.80 Å². The Labute approximate surface area is 145 Å². The lowest BCUT2D eigenvalue weighted by molar-refractivity contribution is -0.140. The van der Waals surface area contributed by atoms with Crippen molar-refractivity contribution in [1.29, 1.82) is 0 Å². The number of anilines is 2. The number of hydrogen-bond acceptors (Lipinski definition) is 4. The summed E-state index contributed by atoms with van der Waals surface area (Å²) in [5.74, 6) is -0.690. The summed E-state index contributed by atoms with van der Waals surface area (Å²) < 4.78 is 0. The summed E-state index contributed by atoms with van der Waals surface area (Å²) in [5.41, 5.74) is 2.66. The SMILES string of the molecule is O=C(O)C1CCN(c2ncccc2C(=O)N2CCc3ccccc32)C1. The maximum atomic E-state index is 13.1. The number of para-hydroxylation sites is 1. The number of fused-ring (bicyclic) bond motifs is 1. The Balaban J connectivity index is 1.64. The first kappa shape index (κ1) is 15.6. The number of rotatable bonds is 3. The lowest BCUT2D eigenvalue weighted by Gasteiger charge is -2.23. The van der Waals surface area contributed by atoms with E-state index < -0.39 is 11.9 Å². The number of benzene rings is 1. The van der Waals surface area contributed by atoms with Gasteiger partial charge in [-0.1, -0.05) is 18.2 Å². The van der Waals surface area contributed by atoms with E-state index in [1.54, 1.807) is 23.2 Å². The van der Waals surface area contributed by atoms with Crippen molar-refractivity contribution in [3.63, 3.8) is 0 Å². The van der Waals surface area contributed by atoms with E-state index in [9.17, 15) is 14.7 Å². The summed E-state index contributed by atoms with van der Waals surface area (Å²) in [6.07, 6.45) is 3.08. The number of hydrogen-bond donors (Lipinski definition) is 1. The molecule has 0 spiro atoms. The summed E-state index contributed by atoms with van der Waals surface area (Å²) in [4.78, 5) is 32.5. The molecule has 0 radical (unpaired) electrons. The average Bonchev–Trinajstić information content (AvgIpc) is 3.28. The average molecular weight is 337 g/mol. The van der Waals surface area contributed by atoms with Gasteiger partial charge in [-0.3, -0.25) is 9.59 Å². The van der Waals surface area contributed by atoms with Crippen LogP contribution in [0.5, 0.6) is 0 Å². The molecule has 2 aliphatic rings. The number of pyridine rings is 1. The number of nitrogens with zero attached hydrogens (tertiary/aromatic N) is 3. The second-order valence-electron chi connectivity index (χ2n) is 6.48. The topological polar surface area (TPSA) is 73.7 Å². The molecule has 2 aliphatic heterocycles. The molecular weight excluding hydrogens is 318 g/mol. The van der Waals surface area contributed by atoms with Gasteiger partial charge in [0, 0.05) is 31.5 Å². The van der Waals surface area contributed by atoms with E-state index in [1.165, 1.54) is 5.56 Å². The minimum atomic E-state index is -0.792. The molecule has 1 N–H and O–H groups in total. The fourth-order valence-corrected chi connectivity index (χ4v) is 3.66. The highest BCUT2D eigenvalue weighted by Crippen LogP contribution is 2.31. The Morgan fingerprint density at radius 3 is 2.76 bits per heavy atom. The predicted molar refractivity (Wildman–Crippen MR) is 94.0 cm³/mol. The second-order valence-corrected chi connectivity index (χ2v) is 6.48. The van der Waals surface area contributed by atoms with Gasteiger partial charge in [-0.25, -0.2) is 4.98 Å². The molecule has 0 aliphatic carbocycles. The highest BCUT2D eigenvalue weighted by Gasteiger charge is 2.33. The van der Waals surface area contributed by atoms with Crippen LogP contribution in [-0.2, 0) is 11.2 Å². The number of amides is 1. The van der Waals surface area contributed by atoms with Crippen LogP contribution in [-0.4, -0.2) is 41.6 Å². The second kappa shape index (κ2) is 6.20. The number of aliphatic carboxylic acids is 1. The molecule has 6 nitrogen and oxygen atoms in total. The van der Waals surface area contributed by atoms with Crippen LogP contribution in [0, 0.1) is 5.92 Å². The molecule has 25 heavy (non-hydrogen) atoms.